The summed E-state index contributed by atoms with van der Waals surface area (Å²) in [6.45, 7) is 1.61. The van der Waals surface area contributed by atoms with Crippen molar-refractivity contribution in [3.8, 4) is 51.0 Å². The van der Waals surface area contributed by atoms with Gasteiger partial charge >= 0.3 is 18.5 Å². The van der Waals surface area contributed by atoms with E-state index < -0.39 is 40.8 Å². The van der Waals surface area contributed by atoms with Gasteiger partial charge in [-0.2, -0.15) is 44.8 Å². The van der Waals surface area contributed by atoms with Gasteiger partial charge in [-0.25, -0.2) is 0 Å². The zero-order valence-electron chi connectivity index (χ0n) is 33.7. The van der Waals surface area contributed by atoms with Crippen LogP contribution in [0.25, 0.3) is 88.5 Å². The summed E-state index contributed by atoms with van der Waals surface area (Å²) in [6.07, 6.45) is -13.0. The Morgan fingerprint density at radius 3 is 1.63 bits per heavy atom. The highest BCUT2D eigenvalue weighted by molar-refractivity contribution is 6.12. The van der Waals surface area contributed by atoms with E-state index in [1.54, 1.807) is 79.9 Å². The lowest BCUT2D eigenvalue weighted by Crippen LogP contribution is -2.12. The van der Waals surface area contributed by atoms with Gasteiger partial charge in [-0.1, -0.05) is 72.3 Å². The SMILES string of the molecule is Cc1ccc(-c2ccc3c(c2)c2ccccc2n3-c2ccc(C#N)cc2-c2cc(-n3c4ccccc4c4cc(-c5ccc(C(F)(F)F)cc5C(F)(F)F)ccc43)ccn2)c(C(F)(F)F)c1. The van der Waals surface area contributed by atoms with Crippen LogP contribution < -0.4 is 0 Å². The van der Waals surface area contributed by atoms with E-state index in [-0.39, 0.29) is 17.2 Å². The lowest BCUT2D eigenvalue weighted by atomic mass is 9.95. The molecule has 0 aliphatic rings. The molecule has 0 N–H and O–H groups in total. The molecule has 0 saturated heterocycles. The number of alkyl halides is 9. The fraction of sp³-hybridized carbons (Fsp3) is 0.0769. The molecule has 0 radical (unpaired) electrons. The highest BCUT2D eigenvalue weighted by Crippen LogP contribution is 2.45. The van der Waals surface area contributed by atoms with Crippen LogP contribution in [0, 0.1) is 18.3 Å². The number of nitriles is 1. The molecule has 0 bridgehead atoms. The van der Waals surface area contributed by atoms with Crippen LogP contribution in [-0.4, -0.2) is 14.1 Å². The van der Waals surface area contributed by atoms with Crippen molar-refractivity contribution < 1.29 is 39.5 Å². The van der Waals surface area contributed by atoms with E-state index in [1.807, 2.05) is 57.7 Å². The maximum absolute atomic E-state index is 14.3. The summed E-state index contributed by atoms with van der Waals surface area (Å²) in [4.78, 5) is 4.76. The fourth-order valence-electron chi connectivity index (χ4n) is 8.88. The molecule has 7 aromatic carbocycles. The third-order valence-corrected chi connectivity index (χ3v) is 11.7. The number of para-hydroxylation sites is 2. The molecular weight excluding hydrogens is 852 g/mol. The van der Waals surface area contributed by atoms with Crippen LogP contribution in [0.1, 0.15) is 27.8 Å². The lowest BCUT2D eigenvalue weighted by molar-refractivity contribution is -0.143. The Bertz CT molecular complexity index is 3600. The van der Waals surface area contributed by atoms with Crippen molar-refractivity contribution in [2.45, 2.75) is 25.5 Å². The quantitative estimate of drug-likeness (QED) is 0.162. The maximum atomic E-state index is 14.3. The molecule has 3 aromatic heterocycles. The predicted octanol–water partition coefficient (Wildman–Crippen LogP) is 15.5. The molecule has 0 atom stereocenters. The van der Waals surface area contributed by atoms with Crippen LogP contribution in [0.4, 0.5) is 39.5 Å². The van der Waals surface area contributed by atoms with E-state index in [0.29, 0.717) is 78.1 Å². The number of benzene rings is 7. The first kappa shape index (κ1) is 41.2. The number of pyridine rings is 1. The van der Waals surface area contributed by atoms with Crippen molar-refractivity contribution in [2.24, 2.45) is 0 Å². The lowest BCUT2D eigenvalue weighted by Gasteiger charge is -2.17. The number of nitrogens with zero attached hydrogens (tertiary/aromatic N) is 4. The molecule has 0 saturated carbocycles. The second-order valence-electron chi connectivity index (χ2n) is 15.7. The van der Waals surface area contributed by atoms with E-state index in [4.69, 9.17) is 4.98 Å². The molecular formula is C52H29F9N4. The third kappa shape index (κ3) is 7.02. The summed E-state index contributed by atoms with van der Waals surface area (Å²) >= 11 is 0. The summed E-state index contributed by atoms with van der Waals surface area (Å²) in [5, 5.41) is 12.8. The Balaban J connectivity index is 1.14. The first-order valence-corrected chi connectivity index (χ1v) is 20.0. The summed E-state index contributed by atoms with van der Waals surface area (Å²) in [7, 11) is 0. The van der Waals surface area contributed by atoms with Crippen LogP contribution >= 0.6 is 0 Å². The number of fused-ring (bicyclic) bond motifs is 6. The topological polar surface area (TPSA) is 46.5 Å². The Kier molecular flexibility index (Phi) is 9.42. The second-order valence-corrected chi connectivity index (χ2v) is 15.7. The Labute approximate surface area is 363 Å². The Morgan fingerprint density at radius 2 is 1.03 bits per heavy atom. The van der Waals surface area contributed by atoms with E-state index in [1.165, 1.54) is 12.1 Å². The van der Waals surface area contributed by atoms with Crippen LogP contribution in [-0.2, 0) is 18.5 Å². The third-order valence-electron chi connectivity index (χ3n) is 11.7. The molecule has 4 nitrogen and oxygen atoms in total. The van der Waals surface area contributed by atoms with Crippen molar-refractivity contribution in [1.29, 1.82) is 5.26 Å². The first-order valence-electron chi connectivity index (χ1n) is 20.0. The molecule has 65 heavy (non-hydrogen) atoms. The van der Waals surface area contributed by atoms with Gasteiger partial charge in [0.2, 0.25) is 0 Å². The minimum absolute atomic E-state index is 0.0499. The summed E-state index contributed by atoms with van der Waals surface area (Å²) < 4.78 is 130. The van der Waals surface area contributed by atoms with Gasteiger partial charge in [-0.05, 0) is 114 Å². The first-order chi connectivity index (χ1) is 31.0. The van der Waals surface area contributed by atoms with E-state index in [2.05, 4.69) is 6.07 Å². The van der Waals surface area contributed by atoms with Crippen molar-refractivity contribution in [1.82, 2.24) is 14.1 Å². The number of halogens is 9. The van der Waals surface area contributed by atoms with Gasteiger partial charge in [-0.15, -0.1) is 0 Å². The van der Waals surface area contributed by atoms with Gasteiger partial charge in [0.05, 0.1) is 61.8 Å². The smallest absolute Gasteiger partial charge is 0.309 e. The van der Waals surface area contributed by atoms with Gasteiger partial charge in [0.25, 0.3) is 0 Å². The summed E-state index contributed by atoms with van der Waals surface area (Å²) in [5.74, 6) is 0. The molecule has 0 aliphatic carbocycles. The molecule has 320 valence electrons. The number of hydrogen-bond donors (Lipinski definition) is 0. The largest absolute Gasteiger partial charge is 0.417 e. The van der Waals surface area contributed by atoms with Crippen molar-refractivity contribution in [3.05, 3.63) is 186 Å². The van der Waals surface area contributed by atoms with Gasteiger partial charge in [-0.3, -0.25) is 4.98 Å². The minimum Gasteiger partial charge on any atom is -0.309 e. The van der Waals surface area contributed by atoms with E-state index in [0.717, 1.165) is 23.0 Å². The number of aromatic nitrogens is 3. The van der Waals surface area contributed by atoms with Crippen molar-refractivity contribution >= 4 is 43.6 Å². The molecule has 13 heteroatoms. The molecule has 0 fully saturated rings. The molecule has 0 aliphatic heterocycles. The average molecular weight is 881 g/mol. The van der Waals surface area contributed by atoms with Gasteiger partial charge < -0.3 is 9.13 Å². The minimum atomic E-state index is -5.07. The maximum Gasteiger partial charge on any atom is 0.417 e. The summed E-state index contributed by atoms with van der Waals surface area (Å²) in [5.41, 5.74) is 2.36. The van der Waals surface area contributed by atoms with Gasteiger partial charge in [0.1, 0.15) is 0 Å². The zero-order valence-corrected chi connectivity index (χ0v) is 33.7. The van der Waals surface area contributed by atoms with Gasteiger partial charge in [0.15, 0.2) is 0 Å². The molecule has 0 amide bonds. The Hall–Kier alpha value is -7.85. The molecule has 0 spiro atoms. The molecule has 0 unspecified atom stereocenters. The molecule has 10 aromatic rings. The van der Waals surface area contributed by atoms with Crippen LogP contribution in [0.15, 0.2) is 158 Å². The number of aryl methyl sites for hydroxylation is 1. The normalized spacial score (nSPS) is 12.4. The number of hydrogen-bond acceptors (Lipinski definition) is 2. The van der Waals surface area contributed by atoms with Crippen LogP contribution in [0.3, 0.4) is 0 Å². The van der Waals surface area contributed by atoms with Crippen LogP contribution in [0.2, 0.25) is 0 Å². The van der Waals surface area contributed by atoms with E-state index >= 15 is 0 Å². The van der Waals surface area contributed by atoms with Crippen molar-refractivity contribution in [2.75, 3.05) is 0 Å². The number of rotatable bonds is 5. The standard InChI is InChI=1S/C52H29F9N4/c1-29-10-15-35(42(22-29)51(56,57)58)31-13-19-48-40(25-31)38-7-3-5-9-46(38)65(48)49-17-11-30(28-62)23-41(49)44-27-34(20-21-63-44)64-45-8-4-2-6-37(45)39-24-32(12-18-47(39)64)36-16-14-33(50(53,54)55)26-43(36)52(59,60)61/h2-27H,1H3. The van der Waals surface area contributed by atoms with E-state index in [9.17, 15) is 44.8 Å². The summed E-state index contributed by atoms with van der Waals surface area (Å²) in [6, 6.07) is 41.4. The fourth-order valence-corrected chi connectivity index (χ4v) is 8.88. The predicted molar refractivity (Wildman–Crippen MR) is 234 cm³/mol. The molecule has 10 rings (SSSR count). The Morgan fingerprint density at radius 1 is 0.477 bits per heavy atom. The highest BCUT2D eigenvalue weighted by atomic mass is 19.4. The highest BCUT2D eigenvalue weighted by Gasteiger charge is 2.39. The monoisotopic (exact) mass is 880 g/mol. The van der Waals surface area contributed by atoms with Gasteiger partial charge in [0, 0.05) is 39.0 Å². The molecule has 3 heterocycles. The van der Waals surface area contributed by atoms with Crippen LogP contribution in [0.5, 0.6) is 0 Å². The average Bonchev–Trinajstić information content (AvgIpc) is 3.80. The zero-order chi connectivity index (χ0) is 45.6. The van der Waals surface area contributed by atoms with Crippen molar-refractivity contribution in [3.63, 3.8) is 0 Å². The second kappa shape index (κ2) is 14.9.